The van der Waals surface area contributed by atoms with Crippen molar-refractivity contribution in [3.8, 4) is 0 Å². The van der Waals surface area contributed by atoms with Crippen molar-refractivity contribution < 1.29 is 14.0 Å². The second-order valence-corrected chi connectivity index (χ2v) is 5.80. The van der Waals surface area contributed by atoms with Gasteiger partial charge in [-0.2, -0.15) is 0 Å². The number of nitrogens with one attached hydrogen (secondary N) is 1. The molecule has 0 saturated carbocycles. The van der Waals surface area contributed by atoms with E-state index in [0.29, 0.717) is 24.3 Å². The van der Waals surface area contributed by atoms with Gasteiger partial charge in [0.05, 0.1) is 10.7 Å². The number of aromatic nitrogens is 2. The summed E-state index contributed by atoms with van der Waals surface area (Å²) in [6, 6.07) is 3.42. The summed E-state index contributed by atoms with van der Waals surface area (Å²) in [6.07, 6.45) is 3.36. The van der Waals surface area contributed by atoms with Crippen molar-refractivity contribution in [1.29, 1.82) is 0 Å². The first kappa shape index (κ1) is 16.3. The molecule has 2 heterocycles. The molecule has 1 saturated heterocycles. The average molecular weight is 349 g/mol. The molecule has 1 N–H and O–H groups in total. The van der Waals surface area contributed by atoms with Crippen molar-refractivity contribution in [1.82, 2.24) is 15.3 Å². The van der Waals surface area contributed by atoms with Crippen LogP contribution in [0.4, 0.5) is 10.1 Å². The summed E-state index contributed by atoms with van der Waals surface area (Å²) in [4.78, 5) is 34.2. The lowest BCUT2D eigenvalue weighted by Gasteiger charge is -2.17. The number of rotatable bonds is 3. The molecule has 124 valence electrons. The number of nitrogens with zero attached hydrogens (tertiary/aromatic N) is 3. The third-order valence-electron chi connectivity index (χ3n) is 3.82. The first-order valence-corrected chi connectivity index (χ1v) is 7.70. The van der Waals surface area contributed by atoms with Crippen LogP contribution in [0.5, 0.6) is 0 Å². The average Bonchev–Trinajstić information content (AvgIpc) is 2.91. The molecule has 1 aromatic heterocycles. The number of hydrogen-bond donors (Lipinski definition) is 1. The highest BCUT2D eigenvalue weighted by Gasteiger charge is 2.34. The Kier molecular flexibility index (Phi) is 4.44. The Bertz CT molecular complexity index is 814. The van der Waals surface area contributed by atoms with E-state index in [4.69, 9.17) is 11.6 Å². The highest BCUT2D eigenvalue weighted by Crippen LogP contribution is 2.26. The fourth-order valence-corrected chi connectivity index (χ4v) is 2.76. The molecule has 0 radical (unpaired) electrons. The number of aryl methyl sites for hydroxylation is 1. The van der Waals surface area contributed by atoms with Crippen molar-refractivity contribution in [2.24, 2.45) is 0 Å². The van der Waals surface area contributed by atoms with Crippen molar-refractivity contribution in [2.75, 3.05) is 11.4 Å². The molecule has 8 heteroatoms. The maximum Gasteiger partial charge on any atom is 0.272 e. The van der Waals surface area contributed by atoms with Crippen LogP contribution >= 0.6 is 11.6 Å². The van der Waals surface area contributed by atoms with Crippen molar-refractivity contribution in [3.63, 3.8) is 0 Å². The van der Waals surface area contributed by atoms with Gasteiger partial charge in [-0.05, 0) is 31.5 Å². The van der Waals surface area contributed by atoms with Crippen LogP contribution in [-0.4, -0.2) is 34.4 Å². The van der Waals surface area contributed by atoms with Crippen LogP contribution in [0.1, 0.15) is 22.6 Å². The summed E-state index contributed by atoms with van der Waals surface area (Å²) in [7, 11) is 0. The Balaban J connectivity index is 1.73. The molecule has 2 aromatic rings. The van der Waals surface area contributed by atoms with Crippen LogP contribution in [0.3, 0.4) is 0 Å². The van der Waals surface area contributed by atoms with Gasteiger partial charge in [-0.25, -0.2) is 9.37 Å². The predicted molar refractivity (Wildman–Crippen MR) is 86.4 cm³/mol. The van der Waals surface area contributed by atoms with Crippen LogP contribution < -0.4 is 10.2 Å². The second-order valence-electron chi connectivity index (χ2n) is 5.39. The van der Waals surface area contributed by atoms with Gasteiger partial charge in [0.15, 0.2) is 0 Å². The van der Waals surface area contributed by atoms with E-state index in [1.807, 2.05) is 0 Å². The Hall–Kier alpha value is -2.54. The third-order valence-corrected chi connectivity index (χ3v) is 4.11. The van der Waals surface area contributed by atoms with Crippen molar-refractivity contribution in [2.45, 2.75) is 19.4 Å². The third kappa shape index (κ3) is 3.07. The minimum Gasteiger partial charge on any atom is -0.339 e. The fraction of sp³-hybridized carbons (Fsp3) is 0.250. The summed E-state index contributed by atoms with van der Waals surface area (Å²) in [5.41, 5.74) is 1.18. The first-order chi connectivity index (χ1) is 11.5. The molecule has 1 unspecified atom stereocenters. The molecule has 1 fully saturated rings. The standard InChI is InChI=1S/C16H14ClFN4O2/c1-9-14(20-6-5-19-9)15(23)21-13-4-7-22(16(13)24)10-2-3-12(18)11(17)8-10/h2-3,5-6,8,13H,4,7H2,1H3,(H,21,23). The van der Waals surface area contributed by atoms with Gasteiger partial charge in [-0.1, -0.05) is 11.6 Å². The van der Waals surface area contributed by atoms with Gasteiger partial charge in [-0.15, -0.1) is 0 Å². The molecule has 0 bridgehead atoms. The summed E-state index contributed by atoms with van der Waals surface area (Å²) in [6.45, 7) is 2.08. The lowest BCUT2D eigenvalue weighted by atomic mass is 10.2. The van der Waals surface area contributed by atoms with Crippen molar-refractivity contribution in [3.05, 3.63) is 52.8 Å². The molecule has 2 amide bonds. The van der Waals surface area contributed by atoms with E-state index in [2.05, 4.69) is 15.3 Å². The van der Waals surface area contributed by atoms with E-state index in [-0.39, 0.29) is 16.6 Å². The van der Waals surface area contributed by atoms with Gasteiger partial charge >= 0.3 is 0 Å². The molecule has 0 spiro atoms. The zero-order valence-corrected chi connectivity index (χ0v) is 13.5. The van der Waals surface area contributed by atoms with E-state index >= 15 is 0 Å². The monoisotopic (exact) mass is 348 g/mol. The molecule has 24 heavy (non-hydrogen) atoms. The van der Waals surface area contributed by atoms with Crippen molar-refractivity contribution >= 4 is 29.1 Å². The lowest BCUT2D eigenvalue weighted by Crippen LogP contribution is -2.42. The predicted octanol–water partition coefficient (Wildman–Crippen LogP) is 2.11. The molecule has 6 nitrogen and oxygen atoms in total. The lowest BCUT2D eigenvalue weighted by molar-refractivity contribution is -0.118. The van der Waals surface area contributed by atoms with Gasteiger partial charge in [0, 0.05) is 24.6 Å². The van der Waals surface area contributed by atoms with Gasteiger partial charge in [0.1, 0.15) is 17.6 Å². The van der Waals surface area contributed by atoms with E-state index < -0.39 is 17.8 Å². The number of carbonyl (C=O) groups excluding carboxylic acids is 2. The maximum atomic E-state index is 13.3. The van der Waals surface area contributed by atoms with Gasteiger partial charge < -0.3 is 10.2 Å². The zero-order valence-electron chi connectivity index (χ0n) is 12.8. The van der Waals surface area contributed by atoms with E-state index in [1.54, 1.807) is 6.92 Å². The Morgan fingerprint density at radius 3 is 2.83 bits per heavy atom. The van der Waals surface area contributed by atoms with Crippen LogP contribution in [0.25, 0.3) is 0 Å². The van der Waals surface area contributed by atoms with E-state index in [0.717, 1.165) is 0 Å². The number of benzene rings is 1. The molecule has 3 rings (SSSR count). The van der Waals surface area contributed by atoms with Crippen LogP contribution in [0.15, 0.2) is 30.6 Å². The minimum absolute atomic E-state index is 0.0528. The minimum atomic E-state index is -0.664. The molecule has 1 aliphatic rings. The molecule has 1 aliphatic heterocycles. The largest absolute Gasteiger partial charge is 0.339 e. The smallest absolute Gasteiger partial charge is 0.272 e. The van der Waals surface area contributed by atoms with Gasteiger partial charge in [0.25, 0.3) is 5.91 Å². The molecule has 1 atom stereocenters. The quantitative estimate of drug-likeness (QED) is 0.921. The molecule has 1 aromatic carbocycles. The number of anilines is 1. The second kappa shape index (κ2) is 6.52. The number of carbonyl (C=O) groups is 2. The Morgan fingerprint density at radius 1 is 1.38 bits per heavy atom. The molecular weight excluding hydrogens is 335 g/mol. The normalized spacial score (nSPS) is 17.2. The number of hydrogen-bond acceptors (Lipinski definition) is 4. The Labute approximate surface area is 142 Å². The number of halogens is 2. The summed E-state index contributed by atoms with van der Waals surface area (Å²) in [5.74, 6) is -1.26. The van der Waals surface area contributed by atoms with E-state index in [1.165, 1.54) is 35.5 Å². The summed E-state index contributed by atoms with van der Waals surface area (Å²) < 4.78 is 13.3. The zero-order chi connectivity index (χ0) is 17.3. The topological polar surface area (TPSA) is 75.2 Å². The maximum absolute atomic E-state index is 13.3. The number of amides is 2. The SMILES string of the molecule is Cc1nccnc1C(=O)NC1CCN(c2ccc(F)c(Cl)c2)C1=O. The Morgan fingerprint density at radius 2 is 2.12 bits per heavy atom. The first-order valence-electron chi connectivity index (χ1n) is 7.32. The van der Waals surface area contributed by atoms with E-state index in [9.17, 15) is 14.0 Å². The highest BCUT2D eigenvalue weighted by molar-refractivity contribution is 6.31. The molecule has 0 aliphatic carbocycles. The molecular formula is C16H14ClFN4O2. The van der Waals surface area contributed by atoms with Crippen LogP contribution in [-0.2, 0) is 4.79 Å². The fourth-order valence-electron chi connectivity index (χ4n) is 2.58. The highest BCUT2D eigenvalue weighted by atomic mass is 35.5. The van der Waals surface area contributed by atoms with Crippen LogP contribution in [0.2, 0.25) is 5.02 Å². The summed E-state index contributed by atoms with van der Waals surface area (Å²) in [5, 5.41) is 2.62. The van der Waals surface area contributed by atoms with Crippen LogP contribution in [0, 0.1) is 12.7 Å². The van der Waals surface area contributed by atoms with Gasteiger partial charge in [-0.3, -0.25) is 14.6 Å². The summed E-state index contributed by atoms with van der Waals surface area (Å²) >= 11 is 5.76. The van der Waals surface area contributed by atoms with Gasteiger partial charge in [0.2, 0.25) is 5.91 Å².